The van der Waals surface area contributed by atoms with Crippen LogP contribution < -0.4 is 0 Å². The first-order chi connectivity index (χ1) is 17.0. The molecule has 8 heteroatoms. The summed E-state index contributed by atoms with van der Waals surface area (Å²) in [6.45, 7) is 2.35. The van der Waals surface area contributed by atoms with E-state index < -0.39 is 0 Å². The number of hydrogen-bond acceptors (Lipinski definition) is 5. The molecule has 0 spiro atoms. The first-order valence-corrected chi connectivity index (χ1v) is 11.4. The van der Waals surface area contributed by atoms with Crippen molar-refractivity contribution in [3.05, 3.63) is 89.5 Å². The fraction of sp³-hybridized carbons (Fsp3) is 0.185. The van der Waals surface area contributed by atoms with Gasteiger partial charge in [-0.15, -0.1) is 0 Å². The van der Waals surface area contributed by atoms with Crippen molar-refractivity contribution < 1.29 is 13.7 Å². The van der Waals surface area contributed by atoms with Crippen LogP contribution in [0.5, 0.6) is 0 Å². The summed E-state index contributed by atoms with van der Waals surface area (Å²) in [6, 6.07) is 19.7. The van der Waals surface area contributed by atoms with Gasteiger partial charge in [-0.05, 0) is 44.0 Å². The second-order valence-electron chi connectivity index (χ2n) is 8.49. The lowest BCUT2D eigenvalue weighted by atomic mass is 10.0. The van der Waals surface area contributed by atoms with Gasteiger partial charge in [-0.25, -0.2) is 9.37 Å². The predicted molar refractivity (Wildman–Crippen MR) is 131 cm³/mol. The van der Waals surface area contributed by atoms with Gasteiger partial charge in [0.25, 0.3) is 11.6 Å². The lowest BCUT2D eigenvalue weighted by molar-refractivity contribution is 0.0795. The van der Waals surface area contributed by atoms with E-state index in [-0.39, 0.29) is 11.7 Å². The molecule has 7 nitrogen and oxygen atoms in total. The molecule has 0 radical (unpaired) electrons. The Morgan fingerprint density at radius 1 is 1.03 bits per heavy atom. The molecule has 5 rings (SSSR count). The van der Waals surface area contributed by atoms with E-state index in [9.17, 15) is 9.18 Å². The van der Waals surface area contributed by atoms with Crippen LogP contribution in [-0.4, -0.2) is 44.7 Å². The molecule has 5 aromatic rings. The number of carbonyl (C=O) groups is 1. The summed E-state index contributed by atoms with van der Waals surface area (Å²) in [5, 5.41) is 12.0. The van der Waals surface area contributed by atoms with Crippen LogP contribution in [0.4, 0.5) is 4.39 Å². The molecule has 0 fully saturated rings. The molecule has 3 heterocycles. The van der Waals surface area contributed by atoms with Crippen LogP contribution in [0.3, 0.4) is 0 Å². The summed E-state index contributed by atoms with van der Waals surface area (Å²) in [5.74, 6) is -0.415. The third-order valence-corrected chi connectivity index (χ3v) is 5.95. The zero-order valence-electron chi connectivity index (χ0n) is 19.5. The van der Waals surface area contributed by atoms with E-state index in [2.05, 4.69) is 20.3 Å². The SMILES string of the molecule is Cc1noc2nc(-c3ccccc3)cc(C(=O)N(C)CCCc3cc(-c4cccc(F)c4)n[nH]3)c12. The Hall–Kier alpha value is -4.33. The Kier molecular flexibility index (Phi) is 6.10. The van der Waals surface area contributed by atoms with Gasteiger partial charge in [-0.1, -0.05) is 47.6 Å². The van der Waals surface area contributed by atoms with Crippen molar-refractivity contribution >= 4 is 17.0 Å². The number of rotatable bonds is 7. The molecule has 0 atom stereocenters. The maximum absolute atomic E-state index is 13.5. The van der Waals surface area contributed by atoms with Gasteiger partial charge >= 0.3 is 0 Å². The van der Waals surface area contributed by atoms with Crippen molar-refractivity contribution in [2.75, 3.05) is 13.6 Å². The molecule has 1 N–H and O–H groups in total. The largest absolute Gasteiger partial charge is 0.342 e. The standard InChI is InChI=1S/C27H24FN5O2/c1-17-25-22(16-23(29-26(25)35-32-17)18-8-4-3-5-9-18)27(34)33(2)13-7-12-21-15-24(31-30-21)19-10-6-11-20(28)14-19/h3-6,8-11,14-16H,7,12-13H2,1-2H3,(H,30,31). The highest BCUT2D eigenvalue weighted by atomic mass is 19.1. The van der Waals surface area contributed by atoms with Gasteiger partial charge in [0.15, 0.2) is 0 Å². The molecule has 2 aromatic carbocycles. The van der Waals surface area contributed by atoms with E-state index in [4.69, 9.17) is 4.52 Å². The predicted octanol–water partition coefficient (Wildman–Crippen LogP) is 5.43. The fourth-order valence-corrected chi connectivity index (χ4v) is 4.12. The maximum Gasteiger partial charge on any atom is 0.259 e. The van der Waals surface area contributed by atoms with Crippen molar-refractivity contribution in [1.82, 2.24) is 25.2 Å². The molecule has 0 saturated heterocycles. The van der Waals surface area contributed by atoms with Gasteiger partial charge in [0.2, 0.25) is 0 Å². The van der Waals surface area contributed by atoms with Gasteiger partial charge in [-0.3, -0.25) is 9.89 Å². The van der Waals surface area contributed by atoms with Gasteiger partial charge < -0.3 is 9.42 Å². The van der Waals surface area contributed by atoms with Crippen molar-refractivity contribution in [2.45, 2.75) is 19.8 Å². The minimum atomic E-state index is -0.295. The number of hydrogen-bond donors (Lipinski definition) is 1. The monoisotopic (exact) mass is 469 g/mol. The number of aromatic amines is 1. The minimum Gasteiger partial charge on any atom is -0.342 e. The van der Waals surface area contributed by atoms with E-state index in [0.29, 0.717) is 46.7 Å². The van der Waals surface area contributed by atoms with Gasteiger partial charge in [0, 0.05) is 30.4 Å². The van der Waals surface area contributed by atoms with E-state index in [0.717, 1.165) is 23.2 Å². The maximum atomic E-state index is 13.5. The van der Waals surface area contributed by atoms with Crippen LogP contribution in [0, 0.1) is 12.7 Å². The number of carbonyl (C=O) groups excluding carboxylic acids is 1. The van der Waals surface area contributed by atoms with E-state index >= 15 is 0 Å². The van der Waals surface area contributed by atoms with Crippen LogP contribution in [0.25, 0.3) is 33.6 Å². The molecule has 0 saturated carbocycles. The first kappa shape index (κ1) is 22.5. The first-order valence-electron chi connectivity index (χ1n) is 11.4. The van der Waals surface area contributed by atoms with E-state index in [1.807, 2.05) is 42.5 Å². The van der Waals surface area contributed by atoms with Crippen LogP contribution in [-0.2, 0) is 6.42 Å². The number of nitrogens with zero attached hydrogens (tertiary/aromatic N) is 4. The van der Waals surface area contributed by atoms with Crippen LogP contribution in [0.15, 0.2) is 71.3 Å². The lowest BCUT2D eigenvalue weighted by Crippen LogP contribution is -2.28. The number of pyridine rings is 1. The molecule has 0 aliphatic carbocycles. The fourth-order valence-electron chi connectivity index (χ4n) is 4.12. The average Bonchev–Trinajstić information content (AvgIpc) is 3.50. The Morgan fingerprint density at radius 3 is 2.63 bits per heavy atom. The number of aromatic nitrogens is 4. The molecular weight excluding hydrogens is 445 g/mol. The van der Waals surface area contributed by atoms with Crippen LogP contribution >= 0.6 is 0 Å². The topological polar surface area (TPSA) is 87.9 Å². The number of benzene rings is 2. The van der Waals surface area contributed by atoms with Crippen molar-refractivity contribution in [2.24, 2.45) is 0 Å². The quantitative estimate of drug-likeness (QED) is 0.343. The molecule has 0 aliphatic rings. The summed E-state index contributed by atoms with van der Waals surface area (Å²) in [6.07, 6.45) is 1.43. The van der Waals surface area contributed by atoms with E-state index in [1.165, 1.54) is 12.1 Å². The second-order valence-corrected chi connectivity index (χ2v) is 8.49. The summed E-state index contributed by atoms with van der Waals surface area (Å²) < 4.78 is 18.9. The lowest BCUT2D eigenvalue weighted by Gasteiger charge is -2.18. The normalized spacial score (nSPS) is 11.2. The Labute approximate surface area is 201 Å². The van der Waals surface area contributed by atoms with E-state index in [1.54, 1.807) is 31.0 Å². The summed E-state index contributed by atoms with van der Waals surface area (Å²) >= 11 is 0. The third kappa shape index (κ3) is 4.68. The molecule has 0 aliphatic heterocycles. The van der Waals surface area contributed by atoms with Crippen LogP contribution in [0.2, 0.25) is 0 Å². The van der Waals surface area contributed by atoms with Crippen LogP contribution in [0.1, 0.15) is 28.2 Å². The molecule has 176 valence electrons. The van der Waals surface area contributed by atoms with Gasteiger partial charge in [0.05, 0.1) is 28.0 Å². The Bertz CT molecular complexity index is 1490. The third-order valence-electron chi connectivity index (χ3n) is 5.95. The number of nitrogens with one attached hydrogen (secondary N) is 1. The Morgan fingerprint density at radius 2 is 1.83 bits per heavy atom. The second kappa shape index (κ2) is 9.50. The zero-order chi connectivity index (χ0) is 24.4. The van der Waals surface area contributed by atoms with Gasteiger partial charge in [-0.2, -0.15) is 5.10 Å². The number of aryl methyl sites for hydroxylation is 2. The van der Waals surface area contributed by atoms with Crippen molar-refractivity contribution in [3.63, 3.8) is 0 Å². The molecule has 35 heavy (non-hydrogen) atoms. The summed E-state index contributed by atoms with van der Waals surface area (Å²) in [7, 11) is 1.78. The van der Waals surface area contributed by atoms with Gasteiger partial charge in [0.1, 0.15) is 5.82 Å². The number of H-pyrrole nitrogens is 1. The average molecular weight is 470 g/mol. The number of halogens is 1. The number of fused-ring (bicyclic) bond motifs is 1. The molecule has 1 amide bonds. The molecular formula is C27H24FN5O2. The molecule has 0 bridgehead atoms. The Balaban J connectivity index is 1.30. The molecule has 0 unspecified atom stereocenters. The highest BCUT2D eigenvalue weighted by Crippen LogP contribution is 2.28. The zero-order valence-corrected chi connectivity index (χ0v) is 19.5. The van der Waals surface area contributed by atoms with Crippen molar-refractivity contribution in [3.8, 4) is 22.5 Å². The van der Waals surface area contributed by atoms with Crippen molar-refractivity contribution in [1.29, 1.82) is 0 Å². The molecule has 3 aromatic heterocycles. The number of amides is 1. The highest BCUT2D eigenvalue weighted by molar-refractivity contribution is 6.06. The minimum absolute atomic E-state index is 0.119. The summed E-state index contributed by atoms with van der Waals surface area (Å²) in [5.41, 5.74) is 5.40. The highest BCUT2D eigenvalue weighted by Gasteiger charge is 2.21. The summed E-state index contributed by atoms with van der Waals surface area (Å²) in [4.78, 5) is 19.7. The smallest absolute Gasteiger partial charge is 0.259 e.